The molecule has 2 rings (SSSR count). The lowest BCUT2D eigenvalue weighted by Gasteiger charge is -2.07. The first-order chi connectivity index (χ1) is 8.13. The fraction of sp³-hybridized carbons (Fsp3) is 0.222. The summed E-state index contributed by atoms with van der Waals surface area (Å²) in [5.41, 5.74) is 1.41. The third kappa shape index (κ3) is 2.50. The highest BCUT2D eigenvalue weighted by molar-refractivity contribution is 7.00. The molecular weight excluding hydrogens is 285 g/mol. The highest BCUT2D eigenvalue weighted by Crippen LogP contribution is 2.35. The number of anilines is 1. The molecule has 5 nitrogen and oxygen atoms in total. The molecule has 8 heteroatoms. The highest BCUT2D eigenvalue weighted by atomic mass is 35.5. The molecule has 1 aromatic heterocycles. The second-order valence-electron chi connectivity index (χ2n) is 3.16. The Hall–Kier alpha value is -0.950. The Morgan fingerprint density at radius 2 is 2.12 bits per heavy atom. The van der Waals surface area contributed by atoms with Crippen LogP contribution in [-0.4, -0.2) is 28.4 Å². The summed E-state index contributed by atoms with van der Waals surface area (Å²) < 4.78 is 12.8. The molecule has 0 unspecified atom stereocenters. The van der Waals surface area contributed by atoms with E-state index in [2.05, 4.69) is 14.1 Å². The number of halogens is 2. The molecule has 0 aliphatic carbocycles. The zero-order chi connectivity index (χ0) is 12.4. The molecule has 1 amide bonds. The number of ether oxygens (including phenoxy) is 1. The van der Waals surface area contributed by atoms with Crippen molar-refractivity contribution in [2.45, 2.75) is 0 Å². The summed E-state index contributed by atoms with van der Waals surface area (Å²) in [7, 11) is 1.43. The third-order valence-corrected chi connectivity index (χ3v) is 3.10. The molecule has 0 saturated heterocycles. The van der Waals surface area contributed by atoms with Gasteiger partial charge in [-0.15, -0.1) is 0 Å². The van der Waals surface area contributed by atoms with Crippen molar-refractivity contribution < 1.29 is 9.53 Å². The van der Waals surface area contributed by atoms with E-state index in [0.29, 0.717) is 26.8 Å². The van der Waals surface area contributed by atoms with Gasteiger partial charge in [-0.1, -0.05) is 23.2 Å². The van der Waals surface area contributed by atoms with Gasteiger partial charge in [-0.25, -0.2) is 0 Å². The van der Waals surface area contributed by atoms with Crippen LogP contribution in [0.3, 0.4) is 0 Å². The van der Waals surface area contributed by atoms with E-state index in [-0.39, 0.29) is 12.5 Å². The minimum Gasteiger partial charge on any atom is -0.375 e. The molecule has 0 radical (unpaired) electrons. The smallest absolute Gasteiger partial charge is 0.250 e. The molecule has 1 N–H and O–H groups in total. The van der Waals surface area contributed by atoms with E-state index in [4.69, 9.17) is 27.9 Å². The number of carbonyl (C=O) groups excluding carboxylic acids is 1. The van der Waals surface area contributed by atoms with E-state index >= 15 is 0 Å². The fourth-order valence-electron chi connectivity index (χ4n) is 1.30. The van der Waals surface area contributed by atoms with Crippen LogP contribution in [0.15, 0.2) is 6.07 Å². The van der Waals surface area contributed by atoms with Crippen LogP contribution in [0.5, 0.6) is 0 Å². The standard InChI is InChI=1S/C9H7Cl2N3O2S/c1-16-3-6(15)12-7-4(10)2-5(11)8-9(7)14-17-13-8/h2H,3H2,1H3,(H,12,15). The average Bonchev–Trinajstić information content (AvgIpc) is 2.73. The summed E-state index contributed by atoms with van der Waals surface area (Å²) in [5.74, 6) is -0.314. The molecule has 0 aliphatic rings. The minimum absolute atomic E-state index is 0.0575. The van der Waals surface area contributed by atoms with Gasteiger partial charge < -0.3 is 10.1 Å². The average molecular weight is 292 g/mol. The minimum atomic E-state index is -0.314. The SMILES string of the molecule is COCC(=O)Nc1c(Cl)cc(Cl)c2nsnc12. The monoisotopic (exact) mass is 291 g/mol. The Balaban J connectivity index is 2.45. The van der Waals surface area contributed by atoms with E-state index in [1.165, 1.54) is 13.2 Å². The van der Waals surface area contributed by atoms with Crippen molar-refractivity contribution in [1.29, 1.82) is 0 Å². The number of rotatable bonds is 3. The van der Waals surface area contributed by atoms with Crippen LogP contribution < -0.4 is 5.32 Å². The van der Waals surface area contributed by atoms with Crippen molar-refractivity contribution in [3.8, 4) is 0 Å². The van der Waals surface area contributed by atoms with Gasteiger partial charge in [0.2, 0.25) is 5.91 Å². The molecule has 0 spiro atoms. The first-order valence-corrected chi connectivity index (χ1v) is 6.01. The Morgan fingerprint density at radius 3 is 2.82 bits per heavy atom. The van der Waals surface area contributed by atoms with Gasteiger partial charge in [-0.3, -0.25) is 4.79 Å². The zero-order valence-corrected chi connectivity index (χ0v) is 11.0. The van der Waals surface area contributed by atoms with Crippen molar-refractivity contribution >= 4 is 57.6 Å². The number of nitrogens with zero attached hydrogens (tertiary/aromatic N) is 2. The number of benzene rings is 1. The number of methoxy groups -OCH3 is 1. The van der Waals surface area contributed by atoms with Crippen molar-refractivity contribution in [3.63, 3.8) is 0 Å². The molecule has 2 aromatic rings. The lowest BCUT2D eigenvalue weighted by atomic mass is 10.2. The zero-order valence-electron chi connectivity index (χ0n) is 8.66. The van der Waals surface area contributed by atoms with Crippen LogP contribution in [0.25, 0.3) is 11.0 Å². The van der Waals surface area contributed by atoms with Gasteiger partial charge in [0.15, 0.2) is 0 Å². The Labute approximate surface area is 111 Å². The molecule has 1 aromatic carbocycles. The van der Waals surface area contributed by atoms with Gasteiger partial charge in [-0.2, -0.15) is 8.75 Å². The van der Waals surface area contributed by atoms with Gasteiger partial charge in [0.25, 0.3) is 0 Å². The van der Waals surface area contributed by atoms with Crippen LogP contribution in [0.4, 0.5) is 5.69 Å². The summed E-state index contributed by atoms with van der Waals surface area (Å²) in [6.07, 6.45) is 0. The van der Waals surface area contributed by atoms with Crippen LogP contribution in [0.1, 0.15) is 0 Å². The predicted octanol–water partition coefficient (Wildman–Crippen LogP) is 2.58. The maximum Gasteiger partial charge on any atom is 0.250 e. The summed E-state index contributed by atoms with van der Waals surface area (Å²) >= 11 is 13.0. The Kier molecular flexibility index (Phi) is 3.78. The number of fused-ring (bicyclic) bond motifs is 1. The number of hydrogen-bond donors (Lipinski definition) is 1. The highest BCUT2D eigenvalue weighted by Gasteiger charge is 2.15. The van der Waals surface area contributed by atoms with Gasteiger partial charge in [0, 0.05) is 7.11 Å². The molecule has 17 heavy (non-hydrogen) atoms. The number of carbonyl (C=O) groups is 1. The lowest BCUT2D eigenvalue weighted by molar-refractivity contribution is -0.119. The van der Waals surface area contributed by atoms with E-state index < -0.39 is 0 Å². The Bertz CT molecular complexity index is 573. The van der Waals surface area contributed by atoms with Gasteiger partial charge in [0.05, 0.1) is 27.5 Å². The second kappa shape index (κ2) is 5.14. The first-order valence-electron chi connectivity index (χ1n) is 4.52. The Morgan fingerprint density at radius 1 is 1.41 bits per heavy atom. The van der Waals surface area contributed by atoms with E-state index in [1.807, 2.05) is 0 Å². The van der Waals surface area contributed by atoms with E-state index in [0.717, 1.165) is 11.7 Å². The van der Waals surface area contributed by atoms with Crippen molar-refractivity contribution in [2.75, 3.05) is 19.0 Å². The number of nitrogens with one attached hydrogen (secondary N) is 1. The largest absolute Gasteiger partial charge is 0.375 e. The molecule has 1 heterocycles. The molecule has 0 saturated carbocycles. The molecule has 0 aliphatic heterocycles. The molecule has 0 atom stereocenters. The van der Waals surface area contributed by atoms with Crippen LogP contribution in [-0.2, 0) is 9.53 Å². The van der Waals surface area contributed by atoms with Gasteiger partial charge in [-0.05, 0) is 6.07 Å². The molecule has 0 fully saturated rings. The molecule has 90 valence electrons. The van der Waals surface area contributed by atoms with Crippen molar-refractivity contribution in [3.05, 3.63) is 16.1 Å². The first kappa shape index (κ1) is 12.5. The summed E-state index contributed by atoms with van der Waals surface area (Å²) in [6, 6.07) is 1.52. The lowest BCUT2D eigenvalue weighted by Crippen LogP contribution is -2.17. The van der Waals surface area contributed by atoms with Crippen LogP contribution in [0.2, 0.25) is 10.0 Å². The van der Waals surface area contributed by atoms with E-state index in [9.17, 15) is 4.79 Å². The van der Waals surface area contributed by atoms with Crippen molar-refractivity contribution in [2.24, 2.45) is 0 Å². The quantitative estimate of drug-likeness (QED) is 0.944. The van der Waals surface area contributed by atoms with E-state index in [1.54, 1.807) is 0 Å². The normalized spacial score (nSPS) is 10.8. The second-order valence-corrected chi connectivity index (χ2v) is 4.50. The predicted molar refractivity (Wildman–Crippen MR) is 67.9 cm³/mol. The van der Waals surface area contributed by atoms with Crippen LogP contribution in [0, 0.1) is 0 Å². The fourth-order valence-corrected chi connectivity index (χ4v) is 2.46. The van der Waals surface area contributed by atoms with Gasteiger partial charge in [0.1, 0.15) is 17.6 Å². The number of hydrogen-bond acceptors (Lipinski definition) is 5. The maximum absolute atomic E-state index is 11.4. The summed E-state index contributed by atoms with van der Waals surface area (Å²) in [6.45, 7) is -0.0575. The maximum atomic E-state index is 11.4. The number of aromatic nitrogens is 2. The molecular formula is C9H7Cl2N3O2S. The summed E-state index contributed by atoms with van der Waals surface area (Å²) in [5, 5.41) is 3.34. The molecule has 0 bridgehead atoms. The topological polar surface area (TPSA) is 64.1 Å². The summed E-state index contributed by atoms with van der Waals surface area (Å²) in [4.78, 5) is 11.4. The van der Waals surface area contributed by atoms with Gasteiger partial charge >= 0.3 is 0 Å². The third-order valence-electron chi connectivity index (χ3n) is 1.98. The number of amides is 1. The van der Waals surface area contributed by atoms with Crippen LogP contribution >= 0.6 is 34.9 Å². The van der Waals surface area contributed by atoms with Crippen molar-refractivity contribution in [1.82, 2.24) is 8.75 Å².